The van der Waals surface area contributed by atoms with Crippen LogP contribution < -0.4 is 0 Å². The average Bonchev–Trinajstić information content (AvgIpc) is 2.88. The van der Waals surface area contributed by atoms with Gasteiger partial charge in [-0.05, 0) is 23.3 Å². The van der Waals surface area contributed by atoms with Crippen LogP contribution >= 0.6 is 0 Å². The van der Waals surface area contributed by atoms with Gasteiger partial charge in [0.2, 0.25) is 5.91 Å². The number of hydrogen-bond donors (Lipinski definition) is 1. The lowest BCUT2D eigenvalue weighted by Gasteiger charge is -2.40. The summed E-state index contributed by atoms with van der Waals surface area (Å²) in [5, 5.41) is 9.97. The predicted molar refractivity (Wildman–Crippen MR) is 132 cm³/mol. The highest BCUT2D eigenvalue weighted by Crippen LogP contribution is 2.28. The SMILES string of the molecule is O=C(O)C1CN(CCC#Cc2ccccc2)CCN1C(=O)C(c1ccccc1)c1ccccc1. The van der Waals surface area contributed by atoms with Crippen LogP contribution in [0.25, 0.3) is 0 Å². The summed E-state index contributed by atoms with van der Waals surface area (Å²) in [6.07, 6.45) is 0.645. The molecule has 5 nitrogen and oxygen atoms in total. The summed E-state index contributed by atoms with van der Waals surface area (Å²) < 4.78 is 0. The first-order chi connectivity index (χ1) is 16.6. The molecule has 0 radical (unpaired) electrons. The number of benzene rings is 3. The molecule has 1 atom stereocenters. The standard InChI is InChI=1S/C29H28N2O3/c32-28(27(24-15-6-2-7-16-24)25-17-8-3-9-18-25)31-21-20-30(22-26(31)29(33)34)19-11-10-14-23-12-4-1-5-13-23/h1-9,12-13,15-18,26-27H,11,19-22H2,(H,33,34). The fourth-order valence-corrected chi connectivity index (χ4v) is 4.35. The van der Waals surface area contributed by atoms with Gasteiger partial charge in [-0.1, -0.05) is 90.7 Å². The van der Waals surface area contributed by atoms with Crippen LogP contribution in [0.2, 0.25) is 0 Å². The lowest BCUT2D eigenvalue weighted by molar-refractivity contribution is -0.154. The summed E-state index contributed by atoms with van der Waals surface area (Å²) in [5.41, 5.74) is 2.69. The third-order valence-corrected chi connectivity index (χ3v) is 6.10. The molecular formula is C29H28N2O3. The third kappa shape index (κ3) is 5.72. The second-order valence-corrected chi connectivity index (χ2v) is 8.36. The Morgan fingerprint density at radius 3 is 1.97 bits per heavy atom. The molecule has 1 N–H and O–H groups in total. The highest BCUT2D eigenvalue weighted by atomic mass is 16.4. The summed E-state index contributed by atoms with van der Waals surface area (Å²) in [7, 11) is 0. The minimum absolute atomic E-state index is 0.173. The number of carbonyl (C=O) groups is 2. The van der Waals surface area contributed by atoms with Gasteiger partial charge >= 0.3 is 5.97 Å². The molecule has 0 saturated carbocycles. The van der Waals surface area contributed by atoms with Crippen LogP contribution in [0.3, 0.4) is 0 Å². The lowest BCUT2D eigenvalue weighted by atomic mass is 9.89. The molecule has 3 aromatic rings. The molecule has 1 unspecified atom stereocenters. The molecule has 4 rings (SSSR count). The molecule has 34 heavy (non-hydrogen) atoms. The molecule has 0 spiro atoms. The summed E-state index contributed by atoms with van der Waals surface area (Å²) in [6, 6.07) is 28.0. The van der Waals surface area contributed by atoms with Crippen molar-refractivity contribution in [3.8, 4) is 11.8 Å². The Kier molecular flexibility index (Phi) is 7.75. The van der Waals surface area contributed by atoms with E-state index in [1.165, 1.54) is 0 Å². The van der Waals surface area contributed by atoms with Crippen LogP contribution in [0.1, 0.15) is 29.0 Å². The topological polar surface area (TPSA) is 60.9 Å². The van der Waals surface area contributed by atoms with Gasteiger partial charge in [0.15, 0.2) is 0 Å². The van der Waals surface area contributed by atoms with Gasteiger partial charge in [0, 0.05) is 38.2 Å². The summed E-state index contributed by atoms with van der Waals surface area (Å²) in [4.78, 5) is 29.6. The van der Waals surface area contributed by atoms with Gasteiger partial charge in [-0.3, -0.25) is 9.69 Å². The molecule has 1 amide bonds. The highest BCUT2D eigenvalue weighted by molar-refractivity contribution is 5.91. The Labute approximate surface area is 200 Å². The van der Waals surface area contributed by atoms with Crippen molar-refractivity contribution in [2.45, 2.75) is 18.4 Å². The number of carboxylic acid groups (broad SMARTS) is 1. The number of carboxylic acids is 1. The highest BCUT2D eigenvalue weighted by Gasteiger charge is 2.38. The monoisotopic (exact) mass is 452 g/mol. The maximum Gasteiger partial charge on any atom is 0.327 e. The van der Waals surface area contributed by atoms with Gasteiger partial charge in [0.25, 0.3) is 0 Å². The molecule has 1 fully saturated rings. The summed E-state index contributed by atoms with van der Waals surface area (Å²) in [6.45, 7) is 1.97. The second-order valence-electron chi connectivity index (χ2n) is 8.36. The van der Waals surface area contributed by atoms with Gasteiger partial charge < -0.3 is 10.0 Å². The number of nitrogens with zero attached hydrogens (tertiary/aromatic N) is 2. The van der Waals surface area contributed by atoms with Crippen molar-refractivity contribution in [2.24, 2.45) is 0 Å². The molecule has 1 saturated heterocycles. The maximum absolute atomic E-state index is 13.8. The van der Waals surface area contributed by atoms with Crippen molar-refractivity contribution in [3.05, 3.63) is 108 Å². The van der Waals surface area contributed by atoms with Crippen LogP contribution in [0.15, 0.2) is 91.0 Å². The molecule has 0 aromatic heterocycles. The zero-order valence-electron chi connectivity index (χ0n) is 19.0. The van der Waals surface area contributed by atoms with E-state index in [1.807, 2.05) is 91.0 Å². The summed E-state index contributed by atoms with van der Waals surface area (Å²) >= 11 is 0. The Hall–Kier alpha value is -3.88. The second kappa shape index (κ2) is 11.3. The number of carbonyl (C=O) groups excluding carboxylic acids is 1. The largest absolute Gasteiger partial charge is 0.480 e. The fourth-order valence-electron chi connectivity index (χ4n) is 4.35. The van der Waals surface area contributed by atoms with Crippen molar-refractivity contribution < 1.29 is 14.7 Å². The predicted octanol–water partition coefficient (Wildman–Crippen LogP) is 3.86. The van der Waals surface area contributed by atoms with Crippen molar-refractivity contribution in [3.63, 3.8) is 0 Å². The van der Waals surface area contributed by atoms with E-state index in [0.717, 1.165) is 16.7 Å². The van der Waals surface area contributed by atoms with E-state index in [-0.39, 0.29) is 5.91 Å². The molecule has 3 aromatic carbocycles. The molecule has 0 bridgehead atoms. The van der Waals surface area contributed by atoms with Gasteiger partial charge in [-0.2, -0.15) is 0 Å². The van der Waals surface area contributed by atoms with E-state index in [1.54, 1.807) is 4.90 Å². The van der Waals surface area contributed by atoms with Crippen LogP contribution in [0, 0.1) is 11.8 Å². The first kappa shape index (κ1) is 23.3. The first-order valence-corrected chi connectivity index (χ1v) is 11.5. The van der Waals surface area contributed by atoms with E-state index in [2.05, 4.69) is 16.7 Å². The van der Waals surface area contributed by atoms with Crippen LogP contribution in [-0.2, 0) is 9.59 Å². The third-order valence-electron chi connectivity index (χ3n) is 6.10. The zero-order chi connectivity index (χ0) is 23.8. The molecule has 1 aliphatic rings. The van der Waals surface area contributed by atoms with E-state index < -0.39 is 17.9 Å². The Morgan fingerprint density at radius 1 is 0.853 bits per heavy atom. The molecule has 5 heteroatoms. The zero-order valence-corrected chi connectivity index (χ0v) is 19.0. The maximum atomic E-state index is 13.8. The molecular weight excluding hydrogens is 424 g/mol. The number of rotatable bonds is 6. The minimum atomic E-state index is -0.978. The first-order valence-electron chi connectivity index (χ1n) is 11.5. The van der Waals surface area contributed by atoms with E-state index in [0.29, 0.717) is 32.6 Å². The van der Waals surface area contributed by atoms with Gasteiger partial charge in [0.05, 0.1) is 5.92 Å². The molecule has 1 heterocycles. The van der Waals surface area contributed by atoms with Crippen molar-refractivity contribution in [1.29, 1.82) is 0 Å². The Balaban J connectivity index is 1.47. The molecule has 0 aliphatic carbocycles. The fraction of sp³-hybridized carbons (Fsp3) is 0.241. The molecule has 172 valence electrons. The van der Waals surface area contributed by atoms with E-state index in [9.17, 15) is 14.7 Å². The van der Waals surface area contributed by atoms with Crippen molar-refractivity contribution in [1.82, 2.24) is 9.80 Å². The van der Waals surface area contributed by atoms with Gasteiger partial charge in [0.1, 0.15) is 6.04 Å². The quantitative estimate of drug-likeness (QED) is 0.577. The Morgan fingerprint density at radius 2 is 1.41 bits per heavy atom. The normalized spacial score (nSPS) is 16.0. The summed E-state index contributed by atoms with van der Waals surface area (Å²) in [5.74, 6) is 4.62. The van der Waals surface area contributed by atoms with Gasteiger partial charge in [-0.25, -0.2) is 4.79 Å². The van der Waals surface area contributed by atoms with Crippen molar-refractivity contribution >= 4 is 11.9 Å². The smallest absolute Gasteiger partial charge is 0.327 e. The Bertz CT molecular complexity index is 1110. The lowest BCUT2D eigenvalue weighted by Crippen LogP contribution is -2.59. The van der Waals surface area contributed by atoms with Crippen molar-refractivity contribution in [2.75, 3.05) is 26.2 Å². The number of hydrogen-bond acceptors (Lipinski definition) is 3. The van der Waals surface area contributed by atoms with Crippen LogP contribution in [0.5, 0.6) is 0 Å². The minimum Gasteiger partial charge on any atom is -0.480 e. The molecule has 1 aliphatic heterocycles. The number of piperazine rings is 1. The van der Waals surface area contributed by atoms with Crippen LogP contribution in [-0.4, -0.2) is 59.0 Å². The van der Waals surface area contributed by atoms with E-state index in [4.69, 9.17) is 0 Å². The number of aliphatic carboxylic acids is 1. The average molecular weight is 453 g/mol. The van der Waals surface area contributed by atoms with E-state index >= 15 is 0 Å². The number of amides is 1. The van der Waals surface area contributed by atoms with Gasteiger partial charge in [-0.15, -0.1) is 0 Å². The van der Waals surface area contributed by atoms with Crippen LogP contribution in [0.4, 0.5) is 0 Å².